The van der Waals surface area contributed by atoms with E-state index in [1.807, 2.05) is 24.5 Å². The average Bonchev–Trinajstić information content (AvgIpc) is 2.57. The third-order valence-electron chi connectivity index (χ3n) is 3.13. The van der Waals surface area contributed by atoms with Gasteiger partial charge in [-0.15, -0.1) is 11.8 Å². The molecule has 1 N–H and O–H groups in total. The molecule has 1 aromatic heterocycles. The summed E-state index contributed by atoms with van der Waals surface area (Å²) >= 11 is 1.63. The van der Waals surface area contributed by atoms with Crippen molar-refractivity contribution in [2.75, 3.05) is 7.11 Å². The van der Waals surface area contributed by atoms with E-state index in [1.54, 1.807) is 31.3 Å². The first kappa shape index (κ1) is 23.0. The van der Waals surface area contributed by atoms with Gasteiger partial charge in [0, 0.05) is 48.4 Å². The maximum Gasteiger partial charge on any atom is 0.216 e. The van der Waals surface area contributed by atoms with E-state index in [9.17, 15) is 8.78 Å². The zero-order valence-electron chi connectivity index (χ0n) is 16.4. The quantitative estimate of drug-likeness (QED) is 0.350. The molecule has 4 nitrogen and oxygen atoms in total. The van der Waals surface area contributed by atoms with E-state index in [0.29, 0.717) is 17.7 Å². The summed E-state index contributed by atoms with van der Waals surface area (Å²) in [5.74, 6) is -1.77. The Morgan fingerprint density at radius 2 is 2.00 bits per heavy atom. The van der Waals surface area contributed by atoms with Gasteiger partial charge < -0.3 is 10.1 Å². The van der Waals surface area contributed by atoms with Gasteiger partial charge in [0.05, 0.1) is 18.0 Å². The number of hydrogen-bond acceptors (Lipinski definition) is 5. The Hall–Kier alpha value is -1.99. The lowest BCUT2D eigenvalue weighted by molar-refractivity contribution is 0.156. The molecule has 0 saturated carbocycles. The van der Waals surface area contributed by atoms with Gasteiger partial charge in [0.25, 0.3) is 0 Å². The zero-order valence-corrected chi connectivity index (χ0v) is 17.2. The van der Waals surface area contributed by atoms with Crippen LogP contribution in [0.5, 0.6) is 0 Å². The van der Waals surface area contributed by atoms with Crippen LogP contribution in [-0.4, -0.2) is 29.2 Å². The van der Waals surface area contributed by atoms with Crippen molar-refractivity contribution in [1.29, 1.82) is 0 Å². The first-order valence-corrected chi connectivity index (χ1v) is 9.43. The SMILES string of the molecule is COC(C)C=CCC=N/C=C(\N/C=C/SC(C)(C)C)c1cc(F)nc(F)c1. The van der Waals surface area contributed by atoms with Crippen LogP contribution in [-0.2, 0) is 4.74 Å². The molecule has 7 heteroatoms. The Morgan fingerprint density at radius 1 is 1.33 bits per heavy atom. The standard InChI is InChI=1S/C20H27F2N3OS/c1-15(26-5)8-6-7-9-23-14-17(24-10-11-27-20(2,3)4)16-12-18(21)25-19(22)13-16/h6,8-15,24H,7H2,1-5H3/b8-6?,11-10+,17-14-,23-9?. The largest absolute Gasteiger partial charge is 0.378 e. The topological polar surface area (TPSA) is 46.5 Å². The number of nitrogens with zero attached hydrogens (tertiary/aromatic N) is 2. The molecule has 0 amide bonds. The molecule has 0 aliphatic heterocycles. The summed E-state index contributed by atoms with van der Waals surface area (Å²) in [5, 5.41) is 4.92. The molecule has 0 aromatic carbocycles. The van der Waals surface area contributed by atoms with Gasteiger partial charge >= 0.3 is 0 Å². The molecule has 148 valence electrons. The Labute approximate surface area is 164 Å². The maximum absolute atomic E-state index is 13.4. The van der Waals surface area contributed by atoms with Crippen molar-refractivity contribution in [3.63, 3.8) is 0 Å². The number of thioether (sulfide) groups is 1. The third-order valence-corrected chi connectivity index (χ3v) is 4.11. The van der Waals surface area contributed by atoms with Gasteiger partial charge in [0.15, 0.2) is 0 Å². The van der Waals surface area contributed by atoms with Crippen LogP contribution in [0.15, 0.2) is 47.1 Å². The maximum atomic E-state index is 13.4. The van der Waals surface area contributed by atoms with Gasteiger partial charge in [-0.2, -0.15) is 13.8 Å². The fraction of sp³-hybridized carbons (Fsp3) is 0.400. The van der Waals surface area contributed by atoms with Gasteiger partial charge in [0.2, 0.25) is 11.9 Å². The Balaban J connectivity index is 2.88. The molecular weight excluding hydrogens is 368 g/mol. The van der Waals surface area contributed by atoms with Crippen molar-refractivity contribution >= 4 is 23.7 Å². The molecule has 1 rings (SSSR count). The van der Waals surface area contributed by atoms with Crippen molar-refractivity contribution in [2.24, 2.45) is 4.99 Å². The highest BCUT2D eigenvalue weighted by Gasteiger charge is 2.08. The molecule has 0 bridgehead atoms. The predicted octanol–water partition coefficient (Wildman–Crippen LogP) is 5.30. The molecule has 27 heavy (non-hydrogen) atoms. The molecule has 1 atom stereocenters. The second-order valence-corrected chi connectivity index (χ2v) is 8.39. The number of aromatic nitrogens is 1. The number of pyridine rings is 1. The summed E-state index contributed by atoms with van der Waals surface area (Å²) < 4.78 is 32.1. The number of hydrogen-bond donors (Lipinski definition) is 1. The van der Waals surface area contributed by atoms with Crippen molar-refractivity contribution < 1.29 is 13.5 Å². The van der Waals surface area contributed by atoms with Crippen LogP contribution in [0.3, 0.4) is 0 Å². The number of halogens is 2. The molecule has 1 heterocycles. The van der Waals surface area contributed by atoms with Crippen LogP contribution >= 0.6 is 11.8 Å². The molecule has 1 aromatic rings. The Kier molecular flexibility index (Phi) is 9.96. The number of aliphatic imine (C=N–C) groups is 1. The van der Waals surface area contributed by atoms with E-state index < -0.39 is 11.9 Å². The van der Waals surface area contributed by atoms with E-state index in [0.717, 1.165) is 12.1 Å². The Bertz CT molecular complexity index is 689. The first-order chi connectivity index (χ1) is 12.7. The molecule has 0 aliphatic carbocycles. The molecular formula is C20H27F2N3OS. The molecule has 0 aliphatic rings. The minimum Gasteiger partial charge on any atom is -0.378 e. The van der Waals surface area contributed by atoms with Crippen LogP contribution in [0.1, 0.15) is 39.7 Å². The van der Waals surface area contributed by atoms with Gasteiger partial charge in [-0.05, 0) is 12.3 Å². The molecule has 0 fully saturated rings. The van der Waals surface area contributed by atoms with Gasteiger partial charge in [-0.3, -0.25) is 4.99 Å². The predicted molar refractivity (Wildman–Crippen MR) is 110 cm³/mol. The van der Waals surface area contributed by atoms with Gasteiger partial charge in [0.1, 0.15) is 0 Å². The number of ether oxygens (including phenoxy) is 1. The number of methoxy groups -OCH3 is 1. The van der Waals surface area contributed by atoms with E-state index in [-0.39, 0.29) is 10.9 Å². The number of nitrogens with one attached hydrogen (secondary N) is 1. The lowest BCUT2D eigenvalue weighted by Gasteiger charge is -2.14. The van der Waals surface area contributed by atoms with Gasteiger partial charge in [-0.1, -0.05) is 32.9 Å². The minimum absolute atomic E-state index is 0.0411. The second-order valence-electron chi connectivity index (χ2n) is 6.66. The van der Waals surface area contributed by atoms with Crippen LogP contribution in [0.25, 0.3) is 5.70 Å². The minimum atomic E-state index is -0.883. The summed E-state index contributed by atoms with van der Waals surface area (Å²) in [6, 6.07) is 2.31. The van der Waals surface area contributed by atoms with Crippen LogP contribution in [0, 0.1) is 11.9 Å². The van der Waals surface area contributed by atoms with Crippen LogP contribution in [0.2, 0.25) is 0 Å². The lowest BCUT2D eigenvalue weighted by atomic mass is 10.2. The average molecular weight is 396 g/mol. The summed E-state index contributed by atoms with van der Waals surface area (Å²) in [6.45, 7) is 8.21. The highest BCUT2D eigenvalue weighted by atomic mass is 32.2. The van der Waals surface area contributed by atoms with Crippen molar-refractivity contribution in [2.45, 2.75) is 45.0 Å². The van der Waals surface area contributed by atoms with Crippen molar-refractivity contribution in [3.05, 3.63) is 59.6 Å². The highest BCUT2D eigenvalue weighted by Crippen LogP contribution is 2.24. The van der Waals surface area contributed by atoms with E-state index in [2.05, 4.69) is 36.1 Å². The normalized spacial score (nSPS) is 14.6. The van der Waals surface area contributed by atoms with Gasteiger partial charge in [-0.25, -0.2) is 0 Å². The smallest absolute Gasteiger partial charge is 0.216 e. The van der Waals surface area contributed by atoms with Crippen LogP contribution < -0.4 is 5.32 Å². The zero-order chi connectivity index (χ0) is 20.3. The monoisotopic (exact) mass is 395 g/mol. The number of rotatable bonds is 9. The molecule has 0 radical (unpaired) electrons. The lowest BCUT2D eigenvalue weighted by Crippen LogP contribution is -2.07. The highest BCUT2D eigenvalue weighted by molar-refractivity contribution is 8.03. The van der Waals surface area contributed by atoms with Crippen molar-refractivity contribution in [3.8, 4) is 0 Å². The summed E-state index contributed by atoms with van der Waals surface area (Å²) in [7, 11) is 1.64. The summed E-state index contributed by atoms with van der Waals surface area (Å²) in [6.07, 6.45) is 9.45. The summed E-state index contributed by atoms with van der Waals surface area (Å²) in [4.78, 5) is 7.33. The van der Waals surface area contributed by atoms with E-state index in [4.69, 9.17) is 4.74 Å². The fourth-order valence-electron chi connectivity index (χ4n) is 1.78. The van der Waals surface area contributed by atoms with Crippen molar-refractivity contribution in [1.82, 2.24) is 10.3 Å². The number of allylic oxidation sites excluding steroid dienone is 1. The van der Waals surface area contributed by atoms with E-state index >= 15 is 0 Å². The molecule has 0 spiro atoms. The van der Waals surface area contributed by atoms with Crippen LogP contribution in [0.4, 0.5) is 8.78 Å². The molecule has 0 saturated heterocycles. The third kappa shape index (κ3) is 10.7. The Morgan fingerprint density at radius 3 is 2.59 bits per heavy atom. The first-order valence-electron chi connectivity index (χ1n) is 8.55. The second kappa shape index (κ2) is 11.7. The van der Waals surface area contributed by atoms with E-state index in [1.165, 1.54) is 6.20 Å². The molecule has 1 unspecified atom stereocenters. The summed E-state index contributed by atoms with van der Waals surface area (Å²) in [5.41, 5.74) is 0.789. The fourth-order valence-corrected chi connectivity index (χ4v) is 2.32.